The summed E-state index contributed by atoms with van der Waals surface area (Å²) in [5, 5.41) is 2.15. The summed E-state index contributed by atoms with van der Waals surface area (Å²) in [6.07, 6.45) is 1.33. The average Bonchev–Trinajstić information content (AvgIpc) is 2.58. The van der Waals surface area contributed by atoms with Gasteiger partial charge in [-0.1, -0.05) is 42.5 Å². The maximum Gasteiger partial charge on any atom is 0.331 e. The molecule has 2 aromatic carbocycles. The number of nitrogens with zero attached hydrogens (tertiary/aromatic N) is 1. The monoisotopic (exact) mass is 324 g/mol. The number of hydrogen-bond donors (Lipinski definition) is 1. The van der Waals surface area contributed by atoms with Crippen LogP contribution in [0.2, 0.25) is 0 Å². The Kier molecular flexibility index (Phi) is 4.20. The third-order valence-electron chi connectivity index (χ3n) is 3.55. The van der Waals surface area contributed by atoms with E-state index in [9.17, 15) is 18.8 Å². The lowest BCUT2D eigenvalue weighted by atomic mass is 10.1. The fraction of sp³-hybridized carbons (Fsp3) is 0.0556. The summed E-state index contributed by atoms with van der Waals surface area (Å²) >= 11 is 0. The predicted octanol–water partition coefficient (Wildman–Crippen LogP) is 2.49. The van der Waals surface area contributed by atoms with Crippen molar-refractivity contribution in [1.82, 2.24) is 10.2 Å². The van der Waals surface area contributed by atoms with Gasteiger partial charge in [-0.2, -0.15) is 0 Å². The minimum Gasteiger partial charge on any atom is -0.273 e. The van der Waals surface area contributed by atoms with Gasteiger partial charge in [-0.15, -0.1) is 0 Å². The molecule has 0 aliphatic carbocycles. The molecule has 24 heavy (non-hydrogen) atoms. The Morgan fingerprint density at radius 3 is 2.29 bits per heavy atom. The fourth-order valence-electron chi connectivity index (χ4n) is 2.33. The second-order valence-electron chi connectivity index (χ2n) is 5.25. The third kappa shape index (κ3) is 3.22. The summed E-state index contributed by atoms with van der Waals surface area (Å²) in [5.41, 5.74) is 1.08. The van der Waals surface area contributed by atoms with Gasteiger partial charge in [0.15, 0.2) is 0 Å². The Morgan fingerprint density at radius 2 is 1.62 bits per heavy atom. The minimum atomic E-state index is -0.765. The molecule has 0 saturated carbocycles. The van der Waals surface area contributed by atoms with Crippen molar-refractivity contribution in [3.05, 3.63) is 77.1 Å². The Labute approximate surface area is 137 Å². The van der Waals surface area contributed by atoms with E-state index >= 15 is 0 Å². The molecule has 6 heteroatoms. The molecule has 5 nitrogen and oxygen atoms in total. The van der Waals surface area contributed by atoms with Crippen LogP contribution in [0.15, 0.2) is 60.2 Å². The van der Waals surface area contributed by atoms with Gasteiger partial charge in [0.2, 0.25) is 0 Å². The third-order valence-corrected chi connectivity index (χ3v) is 3.55. The van der Waals surface area contributed by atoms with Crippen LogP contribution < -0.4 is 5.32 Å². The molecular formula is C18H13FN2O3. The maximum absolute atomic E-state index is 13.0. The van der Waals surface area contributed by atoms with Crippen molar-refractivity contribution in [2.24, 2.45) is 0 Å². The van der Waals surface area contributed by atoms with Crippen LogP contribution in [0.1, 0.15) is 11.1 Å². The number of carbonyl (C=O) groups is 3. The van der Waals surface area contributed by atoms with Gasteiger partial charge in [0, 0.05) is 0 Å². The molecule has 1 aliphatic rings. The van der Waals surface area contributed by atoms with E-state index in [4.69, 9.17) is 0 Å². The second kappa shape index (κ2) is 6.45. The Hall–Kier alpha value is -3.28. The first-order valence-electron chi connectivity index (χ1n) is 7.23. The van der Waals surface area contributed by atoms with Crippen LogP contribution in [0.3, 0.4) is 0 Å². The highest BCUT2D eigenvalue weighted by atomic mass is 19.1. The summed E-state index contributed by atoms with van der Waals surface area (Å²) in [5.74, 6) is -1.87. The second-order valence-corrected chi connectivity index (χ2v) is 5.25. The molecule has 0 spiro atoms. The van der Waals surface area contributed by atoms with Crippen LogP contribution in [-0.4, -0.2) is 22.7 Å². The molecule has 1 heterocycles. The minimum absolute atomic E-state index is 0.0551. The molecule has 1 saturated heterocycles. The number of urea groups is 1. The van der Waals surface area contributed by atoms with Crippen LogP contribution in [0, 0.1) is 5.82 Å². The van der Waals surface area contributed by atoms with Crippen LogP contribution in [0.5, 0.6) is 0 Å². The molecule has 1 aliphatic heterocycles. The summed E-state index contributed by atoms with van der Waals surface area (Å²) in [6, 6.07) is 13.6. The molecule has 120 valence electrons. The maximum atomic E-state index is 13.0. The van der Waals surface area contributed by atoms with Crippen molar-refractivity contribution >= 4 is 23.9 Å². The lowest BCUT2D eigenvalue weighted by Crippen LogP contribution is -2.53. The van der Waals surface area contributed by atoms with Crippen LogP contribution in [-0.2, 0) is 16.1 Å². The molecule has 3 rings (SSSR count). The van der Waals surface area contributed by atoms with Crippen molar-refractivity contribution < 1.29 is 18.8 Å². The van der Waals surface area contributed by atoms with Gasteiger partial charge in [0.25, 0.3) is 11.8 Å². The number of barbiturate groups is 1. The first kappa shape index (κ1) is 15.6. The Balaban J connectivity index is 1.89. The first-order chi connectivity index (χ1) is 11.5. The molecule has 1 fully saturated rings. The molecule has 1 N–H and O–H groups in total. The zero-order chi connectivity index (χ0) is 17.1. The molecule has 0 radical (unpaired) electrons. The van der Waals surface area contributed by atoms with Gasteiger partial charge in [-0.25, -0.2) is 9.18 Å². The number of nitrogens with one attached hydrogen (secondary N) is 1. The number of benzene rings is 2. The van der Waals surface area contributed by atoms with E-state index in [2.05, 4.69) is 5.32 Å². The number of halogens is 1. The molecular weight excluding hydrogens is 311 g/mol. The average molecular weight is 324 g/mol. The van der Waals surface area contributed by atoms with E-state index in [1.54, 1.807) is 24.3 Å². The number of amides is 4. The first-order valence-corrected chi connectivity index (χ1v) is 7.23. The van der Waals surface area contributed by atoms with Gasteiger partial charge in [-0.3, -0.25) is 19.8 Å². The summed E-state index contributed by atoms with van der Waals surface area (Å²) < 4.78 is 13.0. The zero-order valence-corrected chi connectivity index (χ0v) is 12.5. The lowest BCUT2D eigenvalue weighted by Gasteiger charge is -2.26. The van der Waals surface area contributed by atoms with E-state index in [1.165, 1.54) is 30.3 Å². The summed E-state index contributed by atoms with van der Waals surface area (Å²) in [7, 11) is 0. The van der Waals surface area contributed by atoms with E-state index in [0.717, 1.165) is 10.5 Å². The van der Waals surface area contributed by atoms with E-state index in [1.807, 2.05) is 6.07 Å². The molecule has 4 amide bonds. The molecule has 0 unspecified atom stereocenters. The summed E-state index contributed by atoms with van der Waals surface area (Å²) in [6.45, 7) is 0.0551. The van der Waals surface area contributed by atoms with E-state index in [-0.39, 0.29) is 12.1 Å². The zero-order valence-electron chi connectivity index (χ0n) is 12.5. The van der Waals surface area contributed by atoms with Crippen molar-refractivity contribution in [3.63, 3.8) is 0 Å². The highest BCUT2D eigenvalue weighted by Gasteiger charge is 2.35. The smallest absolute Gasteiger partial charge is 0.273 e. The number of imide groups is 2. The molecule has 0 aromatic heterocycles. The van der Waals surface area contributed by atoms with Crippen LogP contribution >= 0.6 is 0 Å². The van der Waals surface area contributed by atoms with Crippen molar-refractivity contribution in [1.29, 1.82) is 0 Å². The number of rotatable bonds is 3. The van der Waals surface area contributed by atoms with E-state index < -0.39 is 23.7 Å². The van der Waals surface area contributed by atoms with Gasteiger partial charge in [-0.05, 0) is 29.3 Å². The van der Waals surface area contributed by atoms with Crippen molar-refractivity contribution in [3.8, 4) is 0 Å². The highest BCUT2D eigenvalue weighted by molar-refractivity contribution is 6.30. The number of hydrogen-bond acceptors (Lipinski definition) is 3. The highest BCUT2D eigenvalue weighted by Crippen LogP contribution is 2.17. The Bertz CT molecular complexity index is 829. The van der Waals surface area contributed by atoms with Crippen LogP contribution in [0.4, 0.5) is 9.18 Å². The quantitative estimate of drug-likeness (QED) is 0.697. The van der Waals surface area contributed by atoms with Gasteiger partial charge in [0.1, 0.15) is 11.4 Å². The van der Waals surface area contributed by atoms with Crippen molar-refractivity contribution in [2.75, 3.05) is 0 Å². The largest absolute Gasteiger partial charge is 0.331 e. The predicted molar refractivity (Wildman–Crippen MR) is 84.9 cm³/mol. The SMILES string of the molecule is O=C1NC(=O)N(Cc2ccccc2)C(=O)/C1=C/c1ccc(F)cc1. The molecule has 2 aromatic rings. The Morgan fingerprint density at radius 1 is 0.958 bits per heavy atom. The summed E-state index contributed by atoms with van der Waals surface area (Å²) in [4.78, 5) is 37.4. The normalized spacial score (nSPS) is 16.5. The van der Waals surface area contributed by atoms with Gasteiger partial charge < -0.3 is 0 Å². The van der Waals surface area contributed by atoms with E-state index in [0.29, 0.717) is 5.56 Å². The molecule has 0 bridgehead atoms. The van der Waals surface area contributed by atoms with Crippen LogP contribution in [0.25, 0.3) is 6.08 Å². The fourth-order valence-corrected chi connectivity index (χ4v) is 2.33. The van der Waals surface area contributed by atoms with Crippen molar-refractivity contribution in [2.45, 2.75) is 6.54 Å². The molecule has 0 atom stereocenters. The van der Waals surface area contributed by atoms with Gasteiger partial charge >= 0.3 is 6.03 Å². The standard InChI is InChI=1S/C18H13FN2O3/c19-14-8-6-12(7-9-14)10-15-16(22)20-18(24)21(17(15)23)11-13-4-2-1-3-5-13/h1-10H,11H2,(H,20,22,24)/b15-10+. The van der Waals surface area contributed by atoms with Gasteiger partial charge in [0.05, 0.1) is 6.54 Å². The topological polar surface area (TPSA) is 66.5 Å². The lowest BCUT2D eigenvalue weighted by molar-refractivity contribution is -0.130. The number of carbonyl (C=O) groups excluding carboxylic acids is 3.